The molecule has 3 radical (unpaired) electrons. The summed E-state index contributed by atoms with van der Waals surface area (Å²) >= 11 is 2.64. The van der Waals surface area contributed by atoms with Crippen LogP contribution in [0, 0.1) is 0 Å². The summed E-state index contributed by atoms with van der Waals surface area (Å²) in [6.07, 6.45) is 0. The van der Waals surface area contributed by atoms with Crippen LogP contribution in [0.3, 0.4) is 0 Å². The smallest absolute Gasteiger partial charge is 0.255 e. The van der Waals surface area contributed by atoms with Gasteiger partial charge < -0.3 is 3.88 Å². The molecule has 7 heavy (non-hydrogen) atoms. The Morgan fingerprint density at radius 1 is 1.29 bits per heavy atom. The Morgan fingerprint density at radius 3 is 1.57 bits per heavy atom. The molecule has 0 saturated carbocycles. The van der Waals surface area contributed by atoms with E-state index < -0.39 is 0 Å². The van der Waals surface area contributed by atoms with Crippen molar-refractivity contribution < 1.29 is 0 Å². The van der Waals surface area contributed by atoms with Crippen LogP contribution in [0.5, 0.6) is 0 Å². The normalized spacial score (nSPS) is 8.43. The van der Waals surface area contributed by atoms with Gasteiger partial charge in [-0.25, -0.2) is 0 Å². The molecule has 0 rings (SSSR count). The van der Waals surface area contributed by atoms with E-state index in [1.807, 2.05) is 0 Å². The van der Waals surface area contributed by atoms with E-state index in [0.29, 0.717) is 0 Å². The maximum Gasteiger partial charge on any atom is 0.255 e. The average Bonchev–Trinajstić information content (AvgIpc) is 1.65. The molecule has 0 bridgehead atoms. The summed E-state index contributed by atoms with van der Waals surface area (Å²) in [5, 5.41) is 0. The molecule has 0 aliphatic carbocycles. The molecular weight excluding hydrogens is 96.0 g/mol. The van der Waals surface area contributed by atoms with Gasteiger partial charge in [0.05, 0.1) is 0 Å². The standard InChI is InChI=1S/C4H10N.Al.Li/c1-3-5-4-2;;/h3-4H2,1-2H3;;/q-1;+1;. The Kier molecular flexibility index (Phi) is 11.1. The van der Waals surface area contributed by atoms with E-state index in [-0.39, 0.29) is 18.9 Å². The van der Waals surface area contributed by atoms with Gasteiger partial charge in [0.25, 0.3) is 16.5 Å². The molecule has 3 heteroatoms. The van der Waals surface area contributed by atoms with Crippen molar-refractivity contribution in [2.75, 3.05) is 13.1 Å². The maximum absolute atomic E-state index is 2.64. The van der Waals surface area contributed by atoms with Crippen LogP contribution in [0.2, 0.25) is 0 Å². The molecule has 0 atom stereocenters. The molecular formula is C4H10AlLiN. The molecule has 0 aliphatic rings. The van der Waals surface area contributed by atoms with E-state index in [1.54, 1.807) is 0 Å². The van der Waals surface area contributed by atoms with Crippen LogP contribution in [-0.2, 0) is 0 Å². The molecule has 35 valence electrons. The zero-order chi connectivity index (χ0) is 4.99. The van der Waals surface area contributed by atoms with Crippen LogP contribution < -0.4 is 0 Å². The topological polar surface area (TPSA) is 3.24 Å². The largest absolute Gasteiger partial charge is 0.403 e. The van der Waals surface area contributed by atoms with Gasteiger partial charge in [0.15, 0.2) is 0 Å². The molecule has 0 amide bonds. The fourth-order valence-electron chi connectivity index (χ4n) is 0.224. The van der Waals surface area contributed by atoms with Gasteiger partial charge in [-0.15, -0.1) is 0 Å². The fraction of sp³-hybridized carbons (Fsp3) is 1.00. The Balaban J connectivity index is 0. The SMILES string of the molecule is CC[N]([Al])CC.[Li]. The minimum Gasteiger partial charge on any atom is -0.403 e. The molecule has 0 fully saturated rings. The molecule has 0 heterocycles. The predicted octanol–water partition coefficient (Wildman–Crippen LogP) is 0.0309. The Bertz CT molecular complexity index is 30.9. The molecule has 0 aromatic rings. The van der Waals surface area contributed by atoms with Gasteiger partial charge in [-0.3, -0.25) is 0 Å². The summed E-state index contributed by atoms with van der Waals surface area (Å²) in [6, 6.07) is 0. The third-order valence-corrected chi connectivity index (χ3v) is 1.54. The van der Waals surface area contributed by atoms with Crippen molar-refractivity contribution in [3.63, 3.8) is 0 Å². The van der Waals surface area contributed by atoms with Gasteiger partial charge in [-0.05, 0) is 13.1 Å². The Morgan fingerprint density at radius 2 is 1.57 bits per heavy atom. The van der Waals surface area contributed by atoms with Crippen molar-refractivity contribution in [3.05, 3.63) is 0 Å². The minimum absolute atomic E-state index is 0. The van der Waals surface area contributed by atoms with Crippen molar-refractivity contribution in [1.82, 2.24) is 3.88 Å². The van der Waals surface area contributed by atoms with Crippen molar-refractivity contribution in [2.24, 2.45) is 0 Å². The summed E-state index contributed by atoms with van der Waals surface area (Å²) in [6.45, 7) is 6.52. The second kappa shape index (κ2) is 7.09. The van der Waals surface area contributed by atoms with Crippen LogP contribution in [0.15, 0.2) is 0 Å². The molecule has 0 N–H and O–H groups in total. The van der Waals surface area contributed by atoms with Gasteiger partial charge >= 0.3 is 0 Å². The molecule has 0 unspecified atom stereocenters. The summed E-state index contributed by atoms with van der Waals surface area (Å²) in [7, 11) is 0. The summed E-state index contributed by atoms with van der Waals surface area (Å²) in [5.41, 5.74) is 0. The van der Waals surface area contributed by atoms with Gasteiger partial charge in [-0.2, -0.15) is 0 Å². The summed E-state index contributed by atoms with van der Waals surface area (Å²) in [4.78, 5) is 0. The van der Waals surface area contributed by atoms with E-state index in [0.717, 1.165) is 13.1 Å². The Hall–Kier alpha value is 1.09. The molecule has 0 aromatic carbocycles. The number of rotatable bonds is 2. The van der Waals surface area contributed by atoms with Crippen molar-refractivity contribution >= 4 is 35.4 Å². The third-order valence-electron chi connectivity index (χ3n) is 0.812. The quantitative estimate of drug-likeness (QED) is 0.449. The van der Waals surface area contributed by atoms with Gasteiger partial charge in [0, 0.05) is 18.9 Å². The monoisotopic (exact) mass is 106 g/mol. The van der Waals surface area contributed by atoms with Crippen LogP contribution in [0.4, 0.5) is 0 Å². The van der Waals surface area contributed by atoms with Crippen molar-refractivity contribution in [2.45, 2.75) is 13.8 Å². The molecule has 0 aromatic heterocycles. The van der Waals surface area contributed by atoms with Crippen molar-refractivity contribution in [3.8, 4) is 0 Å². The van der Waals surface area contributed by atoms with Crippen LogP contribution in [-0.4, -0.2) is 52.3 Å². The first-order valence-electron chi connectivity index (χ1n) is 2.30. The summed E-state index contributed by atoms with van der Waals surface area (Å²) < 4.78 is 2.17. The Labute approximate surface area is 66.3 Å². The van der Waals surface area contributed by atoms with E-state index in [2.05, 4.69) is 34.2 Å². The minimum atomic E-state index is 0. The van der Waals surface area contributed by atoms with Crippen LogP contribution >= 0.6 is 0 Å². The second-order valence-electron chi connectivity index (χ2n) is 1.22. The number of nitrogens with zero attached hydrogens (tertiary/aromatic N) is 1. The maximum atomic E-state index is 2.64. The first-order valence-corrected chi connectivity index (χ1v) is 2.82. The first-order chi connectivity index (χ1) is 2.81. The predicted molar refractivity (Wildman–Crippen MR) is 34.4 cm³/mol. The van der Waals surface area contributed by atoms with Crippen LogP contribution in [0.25, 0.3) is 0 Å². The fourth-order valence-corrected chi connectivity index (χ4v) is 0.224. The van der Waals surface area contributed by atoms with Gasteiger partial charge in [-0.1, -0.05) is 13.8 Å². The number of hydrogen-bond donors (Lipinski definition) is 0. The zero-order valence-electron chi connectivity index (χ0n) is 5.44. The summed E-state index contributed by atoms with van der Waals surface area (Å²) in [5.74, 6) is 0. The molecule has 1 nitrogen and oxygen atoms in total. The number of hydrogen-bond acceptors (Lipinski definition) is 1. The second-order valence-corrected chi connectivity index (χ2v) is 1.95. The van der Waals surface area contributed by atoms with Gasteiger partial charge in [0.1, 0.15) is 0 Å². The van der Waals surface area contributed by atoms with E-state index in [9.17, 15) is 0 Å². The first kappa shape index (κ1) is 11.0. The molecule has 0 saturated heterocycles. The van der Waals surface area contributed by atoms with E-state index in [1.165, 1.54) is 0 Å². The average molecular weight is 106 g/mol. The molecule has 0 spiro atoms. The zero-order valence-corrected chi connectivity index (χ0v) is 6.59. The van der Waals surface area contributed by atoms with E-state index in [4.69, 9.17) is 0 Å². The molecule has 0 aliphatic heterocycles. The van der Waals surface area contributed by atoms with Crippen LogP contribution in [0.1, 0.15) is 13.8 Å². The van der Waals surface area contributed by atoms with Crippen molar-refractivity contribution in [1.29, 1.82) is 0 Å². The van der Waals surface area contributed by atoms with E-state index >= 15 is 0 Å². The third kappa shape index (κ3) is 7.09. The van der Waals surface area contributed by atoms with Gasteiger partial charge in [0.2, 0.25) is 0 Å².